The number of hydrogen-bond donors (Lipinski definition) is 0. The highest BCUT2D eigenvalue weighted by Crippen LogP contribution is 2.35. The van der Waals surface area contributed by atoms with Gasteiger partial charge in [-0.1, -0.05) is 91.0 Å². The van der Waals surface area contributed by atoms with E-state index in [9.17, 15) is 0 Å². The van der Waals surface area contributed by atoms with Gasteiger partial charge in [-0.3, -0.25) is 4.99 Å². The van der Waals surface area contributed by atoms with Gasteiger partial charge in [-0.2, -0.15) is 0 Å². The van der Waals surface area contributed by atoms with Crippen molar-refractivity contribution in [3.8, 4) is 0 Å². The molecule has 6 aromatic carbocycles. The number of aliphatic imine (C=N–C) groups is 1. The molecule has 1 heteroatoms. The highest BCUT2D eigenvalue weighted by molar-refractivity contribution is 6.25. The minimum absolute atomic E-state index is 1.00. The summed E-state index contributed by atoms with van der Waals surface area (Å²) in [6.07, 6.45) is 2.01. The lowest BCUT2D eigenvalue weighted by Crippen LogP contribution is -1.89. The Kier molecular flexibility index (Phi) is 3.24. The molecule has 1 nitrogen and oxygen atoms in total. The van der Waals surface area contributed by atoms with Gasteiger partial charge in [0.2, 0.25) is 0 Å². The number of benzene rings is 6. The van der Waals surface area contributed by atoms with Crippen molar-refractivity contribution in [1.29, 1.82) is 0 Å². The average Bonchev–Trinajstić information content (AvgIpc) is 2.76. The largest absolute Gasteiger partial charge is 0.256 e. The first-order valence-corrected chi connectivity index (χ1v) is 9.57. The smallest absolute Gasteiger partial charge is 0.0708 e. The lowest BCUT2D eigenvalue weighted by Gasteiger charge is -2.12. The van der Waals surface area contributed by atoms with Gasteiger partial charge in [0.05, 0.1) is 5.69 Å². The molecule has 0 aliphatic rings. The van der Waals surface area contributed by atoms with Crippen LogP contribution in [0, 0.1) is 0 Å². The van der Waals surface area contributed by atoms with E-state index >= 15 is 0 Å². The first-order chi connectivity index (χ1) is 13.9. The Morgan fingerprint density at radius 1 is 0.464 bits per heavy atom. The molecular formula is C27H17N. The van der Waals surface area contributed by atoms with Gasteiger partial charge in [0, 0.05) is 17.2 Å². The van der Waals surface area contributed by atoms with Gasteiger partial charge in [-0.05, 0) is 43.8 Å². The van der Waals surface area contributed by atoms with Crippen LogP contribution in [0.25, 0.3) is 43.1 Å². The minimum atomic E-state index is 1.00. The fraction of sp³-hybridized carbons (Fsp3) is 0. The van der Waals surface area contributed by atoms with Gasteiger partial charge < -0.3 is 0 Å². The van der Waals surface area contributed by atoms with Gasteiger partial charge in [-0.25, -0.2) is 0 Å². The second kappa shape index (κ2) is 5.90. The van der Waals surface area contributed by atoms with E-state index in [1.54, 1.807) is 0 Å². The molecule has 130 valence electrons. The van der Waals surface area contributed by atoms with Gasteiger partial charge in [-0.15, -0.1) is 0 Å². The summed E-state index contributed by atoms with van der Waals surface area (Å²) in [5.74, 6) is 0. The second-order valence-electron chi connectivity index (χ2n) is 7.27. The van der Waals surface area contributed by atoms with Crippen molar-refractivity contribution in [1.82, 2.24) is 0 Å². The van der Waals surface area contributed by atoms with Gasteiger partial charge in [0.1, 0.15) is 0 Å². The fourth-order valence-corrected chi connectivity index (χ4v) is 4.33. The fourth-order valence-electron chi connectivity index (χ4n) is 4.33. The Hall–Kier alpha value is -3.71. The van der Waals surface area contributed by atoms with E-state index in [1.807, 2.05) is 6.21 Å². The zero-order chi connectivity index (χ0) is 18.5. The van der Waals surface area contributed by atoms with E-state index in [1.165, 1.54) is 43.1 Å². The molecule has 0 fully saturated rings. The van der Waals surface area contributed by atoms with Crippen LogP contribution < -0.4 is 0 Å². The van der Waals surface area contributed by atoms with Crippen molar-refractivity contribution in [3.63, 3.8) is 0 Å². The maximum atomic E-state index is 4.86. The lowest BCUT2D eigenvalue weighted by atomic mass is 9.92. The summed E-state index contributed by atoms with van der Waals surface area (Å²) in [5.41, 5.74) is 2.16. The average molecular weight is 355 g/mol. The number of hydrogen-bond acceptors (Lipinski definition) is 1. The van der Waals surface area contributed by atoms with Crippen LogP contribution in [-0.4, -0.2) is 6.21 Å². The van der Waals surface area contributed by atoms with E-state index in [0.29, 0.717) is 0 Å². The molecule has 28 heavy (non-hydrogen) atoms. The maximum absolute atomic E-state index is 4.86. The number of rotatable bonds is 2. The lowest BCUT2D eigenvalue weighted by molar-refractivity contribution is 1.57. The van der Waals surface area contributed by atoms with E-state index in [2.05, 4.69) is 97.1 Å². The molecule has 0 saturated carbocycles. The van der Waals surface area contributed by atoms with Crippen LogP contribution in [0.4, 0.5) is 5.69 Å². The van der Waals surface area contributed by atoms with Crippen LogP contribution in [0.1, 0.15) is 5.56 Å². The molecule has 0 unspecified atom stereocenters. The molecule has 0 bridgehead atoms. The van der Waals surface area contributed by atoms with Crippen molar-refractivity contribution in [2.24, 2.45) is 4.99 Å². The van der Waals surface area contributed by atoms with Crippen LogP contribution in [0.5, 0.6) is 0 Å². The third-order valence-corrected chi connectivity index (χ3v) is 5.67. The first kappa shape index (κ1) is 15.4. The maximum Gasteiger partial charge on any atom is 0.0708 e. The summed E-state index contributed by atoms with van der Waals surface area (Å²) in [4.78, 5) is 4.86. The predicted molar refractivity (Wildman–Crippen MR) is 121 cm³/mol. The zero-order valence-corrected chi connectivity index (χ0v) is 15.3. The number of fused-ring (bicyclic) bond motifs is 1. The molecule has 0 heterocycles. The molecule has 0 N–H and O–H groups in total. The van der Waals surface area contributed by atoms with Crippen molar-refractivity contribution >= 4 is 55.0 Å². The molecular weight excluding hydrogens is 338 g/mol. The highest BCUT2D eigenvalue weighted by Gasteiger charge is 2.09. The standard InChI is InChI=1S/C27H17N/c1-2-9-23-18(5-1)6-4-10-25(23)28-17-22-14-13-21-12-11-19-7-3-8-20-15-16-24(22)27(21)26(19)20/h1-17H. The van der Waals surface area contributed by atoms with Crippen LogP contribution in [0.2, 0.25) is 0 Å². The molecule has 6 aromatic rings. The zero-order valence-electron chi connectivity index (χ0n) is 15.3. The monoisotopic (exact) mass is 355 g/mol. The Morgan fingerprint density at radius 3 is 2.00 bits per heavy atom. The van der Waals surface area contributed by atoms with Crippen LogP contribution in [0.3, 0.4) is 0 Å². The molecule has 0 atom stereocenters. The quantitative estimate of drug-likeness (QED) is 0.225. The van der Waals surface area contributed by atoms with Gasteiger partial charge >= 0.3 is 0 Å². The van der Waals surface area contributed by atoms with Crippen LogP contribution in [0.15, 0.2) is 102 Å². The van der Waals surface area contributed by atoms with Crippen molar-refractivity contribution < 1.29 is 0 Å². The summed E-state index contributed by atoms with van der Waals surface area (Å²) in [6.45, 7) is 0. The minimum Gasteiger partial charge on any atom is -0.256 e. The Bertz CT molecular complexity index is 1490. The molecule has 0 amide bonds. The van der Waals surface area contributed by atoms with E-state index in [-0.39, 0.29) is 0 Å². The summed E-state index contributed by atoms with van der Waals surface area (Å²) in [5, 5.41) is 10.2. The van der Waals surface area contributed by atoms with Crippen molar-refractivity contribution in [2.45, 2.75) is 0 Å². The van der Waals surface area contributed by atoms with Crippen LogP contribution in [-0.2, 0) is 0 Å². The van der Waals surface area contributed by atoms with Gasteiger partial charge in [0.25, 0.3) is 0 Å². The topological polar surface area (TPSA) is 12.4 Å². The van der Waals surface area contributed by atoms with Crippen molar-refractivity contribution in [2.75, 3.05) is 0 Å². The van der Waals surface area contributed by atoms with Crippen LogP contribution >= 0.6 is 0 Å². The molecule has 0 aliphatic carbocycles. The third kappa shape index (κ3) is 2.23. The summed E-state index contributed by atoms with van der Waals surface area (Å²) >= 11 is 0. The normalized spacial score (nSPS) is 12.1. The highest BCUT2D eigenvalue weighted by atomic mass is 14.7. The van der Waals surface area contributed by atoms with E-state index in [4.69, 9.17) is 4.99 Å². The van der Waals surface area contributed by atoms with Gasteiger partial charge in [0.15, 0.2) is 0 Å². The third-order valence-electron chi connectivity index (χ3n) is 5.67. The Morgan fingerprint density at radius 2 is 1.11 bits per heavy atom. The van der Waals surface area contributed by atoms with E-state index < -0.39 is 0 Å². The Labute approximate surface area is 162 Å². The summed E-state index contributed by atoms with van der Waals surface area (Å²) in [7, 11) is 0. The predicted octanol–water partition coefficient (Wildman–Crippen LogP) is 7.49. The van der Waals surface area contributed by atoms with E-state index in [0.717, 1.165) is 11.3 Å². The summed E-state index contributed by atoms with van der Waals surface area (Å²) < 4.78 is 0. The second-order valence-corrected chi connectivity index (χ2v) is 7.27. The molecule has 0 aromatic heterocycles. The Balaban J connectivity index is 1.59. The molecule has 0 spiro atoms. The van der Waals surface area contributed by atoms with Crippen molar-refractivity contribution in [3.05, 3.63) is 103 Å². The SMILES string of the molecule is C(=Nc1cccc2ccccc12)c1ccc2ccc3cccc4ccc1c2c34. The summed E-state index contributed by atoms with van der Waals surface area (Å²) in [6, 6.07) is 34.5. The first-order valence-electron chi connectivity index (χ1n) is 9.57. The molecule has 0 saturated heterocycles. The molecule has 0 radical (unpaired) electrons. The molecule has 0 aliphatic heterocycles. The molecule has 6 rings (SSSR count). The number of nitrogens with zero attached hydrogens (tertiary/aromatic N) is 1.